The number of hydrogen-bond donors (Lipinski definition) is 0. The number of carbonyl (C=O) groups excluding carboxylic acids is 1. The topological polar surface area (TPSA) is 65.7 Å². The minimum Gasteiger partial charge on any atom is -0.489 e. The van der Waals surface area contributed by atoms with Crippen LogP contribution >= 0.6 is 0 Å². The number of carbonyl (C=O) groups is 1. The molecule has 0 spiro atoms. The molecule has 4 rings (SSSR count). The number of nitrogens with zero attached hydrogens (tertiary/aromatic N) is 3. The van der Waals surface area contributed by atoms with Crippen LogP contribution in [0.3, 0.4) is 0 Å². The molecule has 4 aromatic rings. The predicted octanol–water partition coefficient (Wildman–Crippen LogP) is 5.65. The van der Waals surface area contributed by atoms with Crippen molar-refractivity contribution >= 4 is 11.6 Å². The Kier molecular flexibility index (Phi) is 7.47. The maximum atomic E-state index is 12.0. The highest BCUT2D eigenvalue weighted by molar-refractivity contribution is 5.73. The average Bonchev–Trinajstić information content (AvgIpc) is 3.32. The number of aromatic nitrogens is 3. The summed E-state index contributed by atoms with van der Waals surface area (Å²) in [5.74, 6) is 6.28. The molecule has 0 unspecified atom stereocenters. The van der Waals surface area contributed by atoms with E-state index in [-0.39, 0.29) is 18.3 Å². The summed E-state index contributed by atoms with van der Waals surface area (Å²) in [5.41, 5.74) is 7.36. The molecule has 0 aliphatic carbocycles. The van der Waals surface area contributed by atoms with Gasteiger partial charge in [-0.25, -0.2) is 9.50 Å². The standard InChI is InChI=1S/C29H29N3O3/c1-5-8-23(16-27(33)34-6-2)22-11-13-26(14-12-22)35-18-25-15-24(17-32-29(25)30-19-31-32)28-20(3)9-7-10-21(28)4/h7,9-15,17,19,23H,6,16,18H2,1-4H3/t23-/m0/s1. The van der Waals surface area contributed by atoms with Gasteiger partial charge >= 0.3 is 5.97 Å². The molecule has 0 amide bonds. The van der Waals surface area contributed by atoms with Crippen molar-refractivity contribution in [2.45, 2.75) is 46.6 Å². The van der Waals surface area contributed by atoms with E-state index < -0.39 is 0 Å². The van der Waals surface area contributed by atoms with Crippen LogP contribution in [0.4, 0.5) is 0 Å². The minimum atomic E-state index is -0.248. The number of hydrogen-bond acceptors (Lipinski definition) is 5. The van der Waals surface area contributed by atoms with E-state index >= 15 is 0 Å². The molecule has 2 heterocycles. The van der Waals surface area contributed by atoms with Crippen molar-refractivity contribution in [3.05, 3.63) is 83.3 Å². The highest BCUT2D eigenvalue weighted by Gasteiger charge is 2.16. The van der Waals surface area contributed by atoms with Crippen LogP contribution in [0.5, 0.6) is 5.75 Å². The first-order valence-electron chi connectivity index (χ1n) is 11.7. The van der Waals surface area contributed by atoms with Crippen LogP contribution in [-0.2, 0) is 16.1 Å². The summed E-state index contributed by atoms with van der Waals surface area (Å²) >= 11 is 0. The molecule has 2 aromatic heterocycles. The number of rotatable bonds is 8. The van der Waals surface area contributed by atoms with Gasteiger partial charge in [0.05, 0.1) is 18.9 Å². The second kappa shape index (κ2) is 10.9. The zero-order chi connectivity index (χ0) is 24.8. The number of esters is 1. The van der Waals surface area contributed by atoms with Gasteiger partial charge in [-0.3, -0.25) is 4.79 Å². The van der Waals surface area contributed by atoms with Crippen LogP contribution in [0.1, 0.15) is 48.4 Å². The number of pyridine rings is 1. The van der Waals surface area contributed by atoms with E-state index in [2.05, 4.69) is 60.0 Å². The number of benzene rings is 2. The molecule has 2 aromatic carbocycles. The fourth-order valence-corrected chi connectivity index (χ4v) is 4.28. The Morgan fingerprint density at radius 2 is 1.86 bits per heavy atom. The van der Waals surface area contributed by atoms with Crippen molar-refractivity contribution in [1.29, 1.82) is 0 Å². The average molecular weight is 468 g/mol. The molecule has 0 saturated carbocycles. The Balaban J connectivity index is 1.55. The molecule has 1 atom stereocenters. The lowest BCUT2D eigenvalue weighted by molar-refractivity contribution is -0.143. The van der Waals surface area contributed by atoms with Gasteiger partial charge in [0, 0.05) is 17.3 Å². The summed E-state index contributed by atoms with van der Waals surface area (Å²) in [7, 11) is 0. The van der Waals surface area contributed by atoms with Gasteiger partial charge in [0.15, 0.2) is 5.65 Å². The minimum absolute atomic E-state index is 0.210. The van der Waals surface area contributed by atoms with Gasteiger partial charge in [0.2, 0.25) is 0 Å². The lowest BCUT2D eigenvalue weighted by Crippen LogP contribution is -2.09. The van der Waals surface area contributed by atoms with E-state index in [9.17, 15) is 4.79 Å². The van der Waals surface area contributed by atoms with Crippen LogP contribution in [0.2, 0.25) is 0 Å². The maximum absolute atomic E-state index is 12.0. The van der Waals surface area contributed by atoms with Crippen LogP contribution in [0.25, 0.3) is 16.8 Å². The largest absolute Gasteiger partial charge is 0.489 e. The van der Waals surface area contributed by atoms with Gasteiger partial charge in [0.1, 0.15) is 18.7 Å². The Bertz CT molecular complexity index is 1370. The molecule has 178 valence electrons. The fraction of sp³-hybridized carbons (Fsp3) is 0.276. The number of fused-ring (bicyclic) bond motifs is 1. The lowest BCUT2D eigenvalue weighted by atomic mass is 9.96. The van der Waals surface area contributed by atoms with Crippen LogP contribution in [0.15, 0.2) is 61.1 Å². The summed E-state index contributed by atoms with van der Waals surface area (Å²) in [5, 5.41) is 4.36. The number of aryl methyl sites for hydroxylation is 2. The van der Waals surface area contributed by atoms with Crippen molar-refractivity contribution in [2.24, 2.45) is 0 Å². The zero-order valence-corrected chi connectivity index (χ0v) is 20.5. The molecule has 6 heteroatoms. The van der Waals surface area contributed by atoms with Gasteiger partial charge < -0.3 is 9.47 Å². The van der Waals surface area contributed by atoms with E-state index in [1.54, 1.807) is 24.7 Å². The first kappa shape index (κ1) is 24.0. The molecule has 0 radical (unpaired) electrons. The van der Waals surface area contributed by atoms with Gasteiger partial charge in [-0.1, -0.05) is 36.3 Å². The normalized spacial score (nSPS) is 11.5. The van der Waals surface area contributed by atoms with Crippen LogP contribution in [-0.4, -0.2) is 27.2 Å². The molecule has 0 aliphatic heterocycles. The predicted molar refractivity (Wildman–Crippen MR) is 136 cm³/mol. The smallest absolute Gasteiger partial charge is 0.307 e. The van der Waals surface area contributed by atoms with Crippen LogP contribution in [0, 0.1) is 25.7 Å². The number of ether oxygens (including phenoxy) is 2. The summed E-state index contributed by atoms with van der Waals surface area (Å²) < 4.78 is 13.0. The van der Waals surface area contributed by atoms with Crippen molar-refractivity contribution in [1.82, 2.24) is 14.6 Å². The molecular weight excluding hydrogens is 438 g/mol. The molecule has 0 fully saturated rings. The highest BCUT2D eigenvalue weighted by atomic mass is 16.5. The molecular formula is C29H29N3O3. The summed E-state index contributed by atoms with van der Waals surface area (Å²) in [4.78, 5) is 16.4. The third-order valence-corrected chi connectivity index (χ3v) is 5.89. The van der Waals surface area contributed by atoms with Crippen molar-refractivity contribution in [3.63, 3.8) is 0 Å². The Labute approximate surface area is 205 Å². The van der Waals surface area contributed by atoms with E-state index in [0.717, 1.165) is 28.1 Å². The van der Waals surface area contributed by atoms with E-state index in [1.807, 2.05) is 30.5 Å². The van der Waals surface area contributed by atoms with Gasteiger partial charge in [0.25, 0.3) is 0 Å². The summed E-state index contributed by atoms with van der Waals surface area (Å²) in [6, 6.07) is 16.1. The Morgan fingerprint density at radius 3 is 2.54 bits per heavy atom. The van der Waals surface area contributed by atoms with Gasteiger partial charge in [-0.2, -0.15) is 5.10 Å². The molecule has 35 heavy (non-hydrogen) atoms. The quantitative estimate of drug-likeness (QED) is 0.247. The Morgan fingerprint density at radius 1 is 1.11 bits per heavy atom. The SMILES string of the molecule is CC#C[C@@H](CC(=O)OCC)c1ccc(OCc2cc(-c3c(C)cccc3C)cn3ncnc23)cc1. The zero-order valence-electron chi connectivity index (χ0n) is 20.5. The molecule has 0 bridgehead atoms. The van der Waals surface area contributed by atoms with Crippen molar-refractivity contribution in [3.8, 4) is 28.7 Å². The third-order valence-electron chi connectivity index (χ3n) is 5.89. The first-order chi connectivity index (χ1) is 17.0. The van der Waals surface area contributed by atoms with E-state index in [1.165, 1.54) is 16.7 Å². The monoisotopic (exact) mass is 467 g/mol. The lowest BCUT2D eigenvalue weighted by Gasteiger charge is -2.14. The molecule has 0 N–H and O–H groups in total. The maximum Gasteiger partial charge on any atom is 0.307 e. The third kappa shape index (κ3) is 5.52. The van der Waals surface area contributed by atoms with Crippen molar-refractivity contribution < 1.29 is 14.3 Å². The second-order valence-corrected chi connectivity index (χ2v) is 8.36. The fourth-order valence-electron chi connectivity index (χ4n) is 4.28. The Hall–Kier alpha value is -4.11. The summed E-state index contributed by atoms with van der Waals surface area (Å²) in [6.07, 6.45) is 3.79. The van der Waals surface area contributed by atoms with Crippen molar-refractivity contribution in [2.75, 3.05) is 6.61 Å². The van der Waals surface area contributed by atoms with Gasteiger partial charge in [-0.05, 0) is 68.1 Å². The van der Waals surface area contributed by atoms with E-state index in [0.29, 0.717) is 13.2 Å². The van der Waals surface area contributed by atoms with Crippen LogP contribution < -0.4 is 4.74 Å². The molecule has 0 aliphatic rings. The molecule has 6 nitrogen and oxygen atoms in total. The summed E-state index contributed by atoms with van der Waals surface area (Å²) in [6.45, 7) is 8.51. The highest BCUT2D eigenvalue weighted by Crippen LogP contribution is 2.29. The van der Waals surface area contributed by atoms with E-state index in [4.69, 9.17) is 9.47 Å². The van der Waals surface area contributed by atoms with Gasteiger partial charge in [-0.15, -0.1) is 5.92 Å². The molecule has 0 saturated heterocycles. The first-order valence-corrected chi connectivity index (χ1v) is 11.7. The second-order valence-electron chi connectivity index (χ2n) is 8.36.